The van der Waals surface area contributed by atoms with Crippen molar-refractivity contribution >= 4 is 33.5 Å². The molecule has 1 aliphatic carbocycles. The molecule has 1 aliphatic heterocycles. The molecule has 5 nitrogen and oxygen atoms in total. The molecule has 1 saturated carbocycles. The highest BCUT2D eigenvalue weighted by atomic mass is 79.9. The first-order chi connectivity index (χ1) is 14.9. The van der Waals surface area contributed by atoms with Crippen molar-refractivity contribution in [3.63, 3.8) is 0 Å². The van der Waals surface area contributed by atoms with Gasteiger partial charge in [0.15, 0.2) is 17.0 Å². The van der Waals surface area contributed by atoms with E-state index < -0.39 is 28.5 Å². The summed E-state index contributed by atoms with van der Waals surface area (Å²) in [6, 6.07) is 15.7. The second kappa shape index (κ2) is 6.76. The Bertz CT molecular complexity index is 1230. The van der Waals surface area contributed by atoms with Gasteiger partial charge in [0.25, 0.3) is 0 Å². The predicted molar refractivity (Wildman–Crippen MR) is 116 cm³/mol. The van der Waals surface area contributed by atoms with Gasteiger partial charge in [-0.15, -0.1) is 0 Å². The first-order valence-corrected chi connectivity index (χ1v) is 10.9. The Labute approximate surface area is 187 Å². The lowest BCUT2D eigenvalue weighted by atomic mass is 9.83. The molecule has 1 aromatic heterocycles. The number of ether oxygens (including phenoxy) is 1. The maximum Gasteiger partial charge on any atom is 0.327 e. The third-order valence-corrected chi connectivity index (χ3v) is 7.25. The Balaban J connectivity index is 1.70. The Morgan fingerprint density at radius 3 is 2.45 bits per heavy atom. The summed E-state index contributed by atoms with van der Waals surface area (Å²) >= 11 is 3.45. The van der Waals surface area contributed by atoms with Crippen LogP contribution in [0, 0.1) is 10.8 Å². The third-order valence-electron chi connectivity index (χ3n) is 6.75. The molecule has 5 rings (SSSR count). The molecule has 31 heavy (non-hydrogen) atoms. The molecule has 1 fully saturated rings. The maximum atomic E-state index is 13.8. The minimum absolute atomic E-state index is 0.0400. The largest absolute Gasteiger partial charge is 0.461 e. The van der Waals surface area contributed by atoms with E-state index in [0.29, 0.717) is 16.9 Å². The van der Waals surface area contributed by atoms with Crippen molar-refractivity contribution in [1.82, 2.24) is 0 Å². The fraction of sp³-hybridized carbons (Fsp3) is 0.240. The molecule has 6 heteroatoms. The smallest absolute Gasteiger partial charge is 0.327 e. The number of Topliss-reactive ketones (excluding diaryl/α,β-unsaturated/α-hetero) is 2. The van der Waals surface area contributed by atoms with Crippen LogP contribution >= 0.6 is 15.9 Å². The fourth-order valence-corrected chi connectivity index (χ4v) is 5.45. The van der Waals surface area contributed by atoms with Crippen molar-refractivity contribution in [3.05, 3.63) is 87.8 Å². The molecule has 2 heterocycles. The fourth-order valence-electron chi connectivity index (χ4n) is 5.07. The van der Waals surface area contributed by atoms with Gasteiger partial charge < -0.3 is 9.15 Å². The molecular formula is C25H19BrO5. The average molecular weight is 479 g/mol. The van der Waals surface area contributed by atoms with Gasteiger partial charge in [-0.25, -0.2) is 0 Å². The van der Waals surface area contributed by atoms with E-state index in [1.165, 1.54) is 12.3 Å². The van der Waals surface area contributed by atoms with Crippen LogP contribution in [0.15, 0.2) is 69.8 Å². The van der Waals surface area contributed by atoms with Gasteiger partial charge in [-0.3, -0.25) is 14.4 Å². The number of carbonyl (C=O) groups excluding carboxylic acids is 3. The zero-order valence-corrected chi connectivity index (χ0v) is 18.6. The number of rotatable bonds is 5. The van der Waals surface area contributed by atoms with Crippen LogP contribution in [0.5, 0.6) is 5.75 Å². The van der Waals surface area contributed by atoms with Crippen LogP contribution in [0.4, 0.5) is 0 Å². The lowest BCUT2D eigenvalue weighted by molar-refractivity contribution is -0.140. The summed E-state index contributed by atoms with van der Waals surface area (Å²) in [4.78, 5) is 40.8. The molecule has 156 valence electrons. The van der Waals surface area contributed by atoms with Crippen molar-refractivity contribution < 1.29 is 23.5 Å². The first-order valence-electron chi connectivity index (χ1n) is 10.1. The van der Waals surface area contributed by atoms with Crippen LogP contribution in [0.1, 0.15) is 51.8 Å². The van der Waals surface area contributed by atoms with Crippen molar-refractivity contribution in [1.29, 1.82) is 0 Å². The number of carbonyl (C=O) groups is 3. The number of aryl methyl sites for hydroxylation is 1. The molecule has 0 saturated heterocycles. The monoisotopic (exact) mass is 478 g/mol. The molecule has 0 spiro atoms. The second-order valence-corrected chi connectivity index (χ2v) is 9.12. The number of fused-ring (bicyclic) bond motifs is 3. The van der Waals surface area contributed by atoms with Crippen molar-refractivity contribution in [2.75, 3.05) is 0 Å². The molecule has 3 atom stereocenters. The highest BCUT2D eigenvalue weighted by Crippen LogP contribution is 2.79. The predicted octanol–water partition coefficient (Wildman–Crippen LogP) is 5.38. The molecule has 0 amide bonds. The highest BCUT2D eigenvalue weighted by Gasteiger charge is 2.88. The normalized spacial score (nSPS) is 25.9. The number of benzene rings is 2. The van der Waals surface area contributed by atoms with Gasteiger partial charge >= 0.3 is 5.97 Å². The van der Waals surface area contributed by atoms with E-state index in [1.54, 1.807) is 37.3 Å². The molecule has 3 unspecified atom stereocenters. The summed E-state index contributed by atoms with van der Waals surface area (Å²) in [7, 11) is 0. The summed E-state index contributed by atoms with van der Waals surface area (Å²) in [5.74, 6) is -1.74. The second-order valence-electron chi connectivity index (χ2n) is 8.20. The minimum Gasteiger partial charge on any atom is -0.461 e. The number of furan rings is 1. The lowest BCUT2D eigenvalue weighted by Gasteiger charge is -2.22. The van der Waals surface area contributed by atoms with Crippen LogP contribution in [-0.4, -0.2) is 17.5 Å². The SMILES string of the molecule is CCc1ccc(C(=O)C2(C)C3c4cc(Br)ccc4OC(=O)C32C(=O)c2ccco2)cc1. The number of halogens is 1. The molecule has 2 aliphatic rings. The van der Waals surface area contributed by atoms with E-state index in [0.717, 1.165) is 16.5 Å². The molecule has 2 aromatic carbocycles. The van der Waals surface area contributed by atoms with Crippen LogP contribution in [0.3, 0.4) is 0 Å². The Kier molecular flexibility index (Phi) is 4.35. The average Bonchev–Trinajstić information content (AvgIpc) is 3.09. The maximum absolute atomic E-state index is 13.8. The van der Waals surface area contributed by atoms with E-state index in [1.807, 2.05) is 25.1 Å². The third kappa shape index (κ3) is 2.51. The summed E-state index contributed by atoms with van der Waals surface area (Å²) in [6.45, 7) is 3.72. The topological polar surface area (TPSA) is 73.6 Å². The quantitative estimate of drug-likeness (QED) is 0.213. The van der Waals surface area contributed by atoms with E-state index >= 15 is 0 Å². The van der Waals surface area contributed by atoms with E-state index in [2.05, 4.69) is 15.9 Å². The zero-order valence-electron chi connectivity index (χ0n) is 17.0. The van der Waals surface area contributed by atoms with Crippen molar-refractivity contribution in [3.8, 4) is 5.75 Å². The van der Waals surface area contributed by atoms with Gasteiger partial charge in [-0.2, -0.15) is 0 Å². The first kappa shape index (κ1) is 19.9. The summed E-state index contributed by atoms with van der Waals surface area (Å²) in [5.41, 5.74) is -0.739. The zero-order chi connectivity index (χ0) is 22.0. The van der Waals surface area contributed by atoms with Gasteiger partial charge in [0.2, 0.25) is 5.78 Å². The number of hydrogen-bond donors (Lipinski definition) is 0. The standard InChI is InChI=1S/C25H19BrO5/c1-3-14-6-8-15(9-7-14)21(27)24(2)20-17-13-16(26)10-11-18(17)31-23(29)25(20,24)22(28)19-5-4-12-30-19/h4-13,20H,3H2,1-2H3. The van der Waals surface area contributed by atoms with Crippen LogP contribution in [-0.2, 0) is 11.2 Å². The summed E-state index contributed by atoms with van der Waals surface area (Å²) in [6.07, 6.45) is 2.23. The number of esters is 1. The van der Waals surface area contributed by atoms with Gasteiger partial charge in [0.05, 0.1) is 11.7 Å². The number of hydrogen-bond acceptors (Lipinski definition) is 5. The Hall–Kier alpha value is -2.99. The summed E-state index contributed by atoms with van der Waals surface area (Å²) < 4.78 is 11.7. The van der Waals surface area contributed by atoms with E-state index in [-0.39, 0.29) is 11.5 Å². The Morgan fingerprint density at radius 1 is 1.06 bits per heavy atom. The van der Waals surface area contributed by atoms with E-state index in [4.69, 9.17) is 9.15 Å². The highest BCUT2D eigenvalue weighted by molar-refractivity contribution is 9.10. The van der Waals surface area contributed by atoms with E-state index in [9.17, 15) is 14.4 Å². The molecule has 0 N–H and O–H groups in total. The molecular weight excluding hydrogens is 460 g/mol. The van der Waals surface area contributed by atoms with Crippen LogP contribution < -0.4 is 4.74 Å². The van der Waals surface area contributed by atoms with Crippen LogP contribution in [0.2, 0.25) is 0 Å². The van der Waals surface area contributed by atoms with Crippen molar-refractivity contribution in [2.24, 2.45) is 10.8 Å². The van der Waals surface area contributed by atoms with Gasteiger partial charge in [0.1, 0.15) is 5.75 Å². The minimum atomic E-state index is -1.67. The van der Waals surface area contributed by atoms with Gasteiger partial charge in [0, 0.05) is 21.5 Å². The molecule has 0 radical (unpaired) electrons. The van der Waals surface area contributed by atoms with Crippen molar-refractivity contribution in [2.45, 2.75) is 26.2 Å². The Morgan fingerprint density at radius 2 is 1.81 bits per heavy atom. The molecule has 0 bridgehead atoms. The van der Waals surface area contributed by atoms with Gasteiger partial charge in [-0.1, -0.05) is 54.0 Å². The lowest BCUT2D eigenvalue weighted by Crippen LogP contribution is -2.39. The van der Waals surface area contributed by atoms with Gasteiger partial charge in [-0.05, 0) is 42.3 Å². The molecule has 3 aromatic rings. The summed E-state index contributed by atoms with van der Waals surface area (Å²) in [5, 5.41) is 0. The number of ketones is 2. The van der Waals surface area contributed by atoms with Crippen LogP contribution in [0.25, 0.3) is 0 Å².